The number of rotatable bonds is 3. The van der Waals surface area contributed by atoms with Gasteiger partial charge in [-0.2, -0.15) is 0 Å². The van der Waals surface area contributed by atoms with Gasteiger partial charge in [-0.15, -0.1) is 0 Å². The van der Waals surface area contributed by atoms with Crippen LogP contribution < -0.4 is 10.5 Å². The van der Waals surface area contributed by atoms with E-state index in [4.69, 9.17) is 5.73 Å². The Hall–Kier alpha value is -1.35. The highest BCUT2D eigenvalue weighted by atomic mass is 32.2. The van der Waals surface area contributed by atoms with Crippen LogP contribution in [0.4, 0.5) is 0 Å². The molecule has 21 heavy (non-hydrogen) atoms. The van der Waals surface area contributed by atoms with Crippen molar-refractivity contribution in [1.29, 1.82) is 0 Å². The van der Waals surface area contributed by atoms with E-state index in [1.165, 1.54) is 0 Å². The molecule has 0 aliphatic heterocycles. The lowest BCUT2D eigenvalue weighted by Gasteiger charge is -2.18. The Morgan fingerprint density at radius 1 is 1.38 bits per heavy atom. The van der Waals surface area contributed by atoms with Crippen LogP contribution in [0.25, 0.3) is 0 Å². The molecule has 1 unspecified atom stereocenters. The third-order valence-electron chi connectivity index (χ3n) is 3.79. The van der Waals surface area contributed by atoms with Crippen LogP contribution in [0.1, 0.15) is 38.7 Å². The number of nitrogens with two attached hydrogens (primary N) is 1. The summed E-state index contributed by atoms with van der Waals surface area (Å²) in [6.07, 6.45) is 2.78. The topological polar surface area (TPSA) is 72.2 Å². The fourth-order valence-corrected chi connectivity index (χ4v) is 4.20. The maximum atomic E-state index is 12.6. The minimum absolute atomic E-state index is 0.000485. The summed E-state index contributed by atoms with van der Waals surface area (Å²) in [6.45, 7) is 4.54. The summed E-state index contributed by atoms with van der Waals surface area (Å²) >= 11 is 0. The Kier molecular flexibility index (Phi) is 4.72. The predicted octanol–water partition coefficient (Wildman–Crippen LogP) is 1.85. The van der Waals surface area contributed by atoms with E-state index in [1.54, 1.807) is 24.3 Å². The van der Waals surface area contributed by atoms with Crippen molar-refractivity contribution >= 4 is 10.0 Å². The molecule has 1 fully saturated rings. The van der Waals surface area contributed by atoms with Gasteiger partial charge in [-0.1, -0.05) is 37.8 Å². The van der Waals surface area contributed by atoms with Crippen LogP contribution in [0.15, 0.2) is 29.2 Å². The SMILES string of the molecule is CC1(C)CCC(NS(=O)(=O)c2ccccc2C#CCN)C1. The summed E-state index contributed by atoms with van der Waals surface area (Å²) in [5.74, 6) is 5.54. The van der Waals surface area contributed by atoms with Gasteiger partial charge in [-0.05, 0) is 36.8 Å². The lowest BCUT2D eigenvalue weighted by atomic mass is 9.92. The highest BCUT2D eigenvalue weighted by Crippen LogP contribution is 2.37. The van der Waals surface area contributed by atoms with Crippen LogP contribution in [0.3, 0.4) is 0 Å². The predicted molar refractivity (Wildman–Crippen MR) is 84.1 cm³/mol. The maximum Gasteiger partial charge on any atom is 0.242 e. The lowest BCUT2D eigenvalue weighted by Crippen LogP contribution is -2.34. The first-order chi connectivity index (χ1) is 9.84. The number of benzene rings is 1. The smallest absolute Gasteiger partial charge is 0.242 e. The van der Waals surface area contributed by atoms with Crippen LogP contribution in [0.2, 0.25) is 0 Å². The number of hydrogen-bond donors (Lipinski definition) is 2. The normalized spacial score (nSPS) is 20.8. The van der Waals surface area contributed by atoms with E-state index < -0.39 is 10.0 Å². The molecule has 0 heterocycles. The molecule has 0 amide bonds. The van der Waals surface area contributed by atoms with Crippen LogP contribution >= 0.6 is 0 Å². The fraction of sp³-hybridized carbons (Fsp3) is 0.500. The third kappa shape index (κ3) is 4.07. The average molecular weight is 306 g/mol. The van der Waals surface area contributed by atoms with Gasteiger partial charge in [0.05, 0.1) is 11.4 Å². The van der Waals surface area contributed by atoms with Crippen molar-refractivity contribution in [1.82, 2.24) is 4.72 Å². The molecule has 1 aromatic carbocycles. The number of hydrogen-bond acceptors (Lipinski definition) is 3. The molecule has 1 saturated carbocycles. The zero-order chi connectivity index (χ0) is 15.5. The van der Waals surface area contributed by atoms with Gasteiger partial charge in [0.25, 0.3) is 0 Å². The zero-order valence-electron chi connectivity index (χ0n) is 12.5. The van der Waals surface area contributed by atoms with Gasteiger partial charge in [0.2, 0.25) is 10.0 Å². The molecule has 1 aromatic rings. The molecule has 0 saturated heterocycles. The summed E-state index contributed by atoms with van der Waals surface area (Å²) in [7, 11) is -3.55. The van der Waals surface area contributed by atoms with E-state index in [0.29, 0.717) is 5.56 Å². The van der Waals surface area contributed by atoms with E-state index in [9.17, 15) is 8.42 Å². The minimum atomic E-state index is -3.55. The summed E-state index contributed by atoms with van der Waals surface area (Å²) in [6, 6.07) is 6.78. The van der Waals surface area contributed by atoms with Gasteiger partial charge < -0.3 is 5.73 Å². The molecule has 0 aromatic heterocycles. The number of nitrogens with one attached hydrogen (secondary N) is 1. The van der Waals surface area contributed by atoms with Crippen molar-refractivity contribution in [3.05, 3.63) is 29.8 Å². The summed E-state index contributed by atoms with van der Waals surface area (Å²) in [5.41, 5.74) is 6.05. The van der Waals surface area contributed by atoms with Crippen LogP contribution in [0, 0.1) is 17.3 Å². The largest absolute Gasteiger partial charge is 0.320 e. The average Bonchev–Trinajstić information content (AvgIpc) is 2.75. The first kappa shape index (κ1) is 16.0. The van der Waals surface area contributed by atoms with E-state index in [2.05, 4.69) is 30.4 Å². The summed E-state index contributed by atoms with van der Waals surface area (Å²) in [4.78, 5) is 0.232. The van der Waals surface area contributed by atoms with E-state index in [0.717, 1.165) is 19.3 Å². The van der Waals surface area contributed by atoms with Gasteiger partial charge in [0.1, 0.15) is 0 Å². The standard InChI is InChI=1S/C16H22N2O2S/c1-16(2)10-9-14(12-16)18-21(19,20)15-8-4-3-6-13(15)7-5-11-17/h3-4,6,8,14,18H,9-12,17H2,1-2H3. The molecule has 1 aliphatic carbocycles. The van der Waals surface area contributed by atoms with Gasteiger partial charge in [0.15, 0.2) is 0 Å². The Morgan fingerprint density at radius 3 is 2.71 bits per heavy atom. The number of sulfonamides is 1. The molecule has 0 bridgehead atoms. The Labute approximate surface area is 127 Å². The second-order valence-corrected chi connectivity index (χ2v) is 7.91. The van der Waals surface area contributed by atoms with Crippen LogP contribution in [-0.4, -0.2) is 21.0 Å². The Morgan fingerprint density at radius 2 is 2.10 bits per heavy atom. The monoisotopic (exact) mass is 306 g/mol. The molecule has 0 spiro atoms. The molecule has 2 rings (SSSR count). The van der Waals surface area contributed by atoms with E-state index in [1.807, 2.05) is 0 Å². The third-order valence-corrected chi connectivity index (χ3v) is 5.37. The summed E-state index contributed by atoms with van der Waals surface area (Å²) in [5, 5.41) is 0. The summed E-state index contributed by atoms with van der Waals surface area (Å²) < 4.78 is 28.0. The van der Waals surface area contributed by atoms with Crippen molar-refractivity contribution in [2.24, 2.45) is 11.1 Å². The van der Waals surface area contributed by atoms with Crippen LogP contribution in [-0.2, 0) is 10.0 Å². The van der Waals surface area contributed by atoms with Crippen LogP contribution in [0.5, 0.6) is 0 Å². The zero-order valence-corrected chi connectivity index (χ0v) is 13.3. The highest BCUT2D eigenvalue weighted by molar-refractivity contribution is 7.89. The highest BCUT2D eigenvalue weighted by Gasteiger charge is 2.33. The van der Waals surface area contributed by atoms with Crippen molar-refractivity contribution in [2.75, 3.05) is 6.54 Å². The molecular formula is C16H22N2O2S. The molecular weight excluding hydrogens is 284 g/mol. The molecule has 5 heteroatoms. The quantitative estimate of drug-likeness (QED) is 0.837. The molecule has 114 valence electrons. The second kappa shape index (κ2) is 6.18. The Balaban J connectivity index is 2.24. The Bertz CT molecular complexity index is 669. The first-order valence-electron chi connectivity index (χ1n) is 7.14. The molecule has 0 radical (unpaired) electrons. The van der Waals surface area contributed by atoms with Crippen molar-refractivity contribution < 1.29 is 8.42 Å². The van der Waals surface area contributed by atoms with E-state index in [-0.39, 0.29) is 22.9 Å². The van der Waals surface area contributed by atoms with Gasteiger partial charge in [-0.25, -0.2) is 13.1 Å². The molecule has 1 aliphatic rings. The fourth-order valence-electron chi connectivity index (χ4n) is 2.77. The molecule has 3 N–H and O–H groups in total. The van der Waals surface area contributed by atoms with Crippen molar-refractivity contribution in [3.63, 3.8) is 0 Å². The van der Waals surface area contributed by atoms with E-state index >= 15 is 0 Å². The first-order valence-corrected chi connectivity index (χ1v) is 8.63. The van der Waals surface area contributed by atoms with Crippen molar-refractivity contribution in [3.8, 4) is 11.8 Å². The van der Waals surface area contributed by atoms with Crippen molar-refractivity contribution in [2.45, 2.75) is 44.0 Å². The molecule has 1 atom stereocenters. The van der Waals surface area contributed by atoms with Gasteiger partial charge in [0, 0.05) is 11.6 Å². The minimum Gasteiger partial charge on any atom is -0.320 e. The maximum absolute atomic E-state index is 12.6. The van der Waals surface area contributed by atoms with Gasteiger partial charge >= 0.3 is 0 Å². The second-order valence-electron chi connectivity index (χ2n) is 6.23. The molecule has 4 nitrogen and oxygen atoms in total. The van der Waals surface area contributed by atoms with Gasteiger partial charge in [-0.3, -0.25) is 0 Å². The lowest BCUT2D eigenvalue weighted by molar-refractivity contribution is 0.372.